The van der Waals surface area contributed by atoms with Crippen LogP contribution in [0.1, 0.15) is 12.0 Å². The SMILES string of the molecule is OCCCc1ccc(Oc2cccnc2)cc1. The molecular formula is C14H15NO2. The molecule has 0 aliphatic heterocycles. The first-order valence-electron chi connectivity index (χ1n) is 5.66. The van der Waals surface area contributed by atoms with Gasteiger partial charge in [-0.15, -0.1) is 0 Å². The highest BCUT2D eigenvalue weighted by atomic mass is 16.5. The summed E-state index contributed by atoms with van der Waals surface area (Å²) in [5, 5.41) is 8.75. The number of aryl methyl sites for hydroxylation is 1. The first kappa shape index (κ1) is 11.6. The molecule has 1 aromatic carbocycles. The highest BCUT2D eigenvalue weighted by Crippen LogP contribution is 2.20. The Kier molecular flexibility index (Phi) is 4.11. The third-order valence-corrected chi connectivity index (χ3v) is 2.42. The molecule has 3 nitrogen and oxygen atoms in total. The quantitative estimate of drug-likeness (QED) is 0.857. The molecule has 1 N–H and O–H groups in total. The van der Waals surface area contributed by atoms with Crippen molar-refractivity contribution in [1.82, 2.24) is 4.98 Å². The largest absolute Gasteiger partial charge is 0.456 e. The highest BCUT2D eigenvalue weighted by molar-refractivity contribution is 5.31. The maximum absolute atomic E-state index is 8.75. The van der Waals surface area contributed by atoms with E-state index in [-0.39, 0.29) is 6.61 Å². The Bertz CT molecular complexity index is 440. The van der Waals surface area contributed by atoms with Gasteiger partial charge in [-0.05, 0) is 42.7 Å². The molecule has 17 heavy (non-hydrogen) atoms. The molecular weight excluding hydrogens is 214 g/mol. The third-order valence-electron chi connectivity index (χ3n) is 2.42. The minimum atomic E-state index is 0.230. The van der Waals surface area contributed by atoms with Gasteiger partial charge in [-0.1, -0.05) is 12.1 Å². The number of aliphatic hydroxyl groups excluding tert-OH is 1. The smallest absolute Gasteiger partial charge is 0.145 e. The van der Waals surface area contributed by atoms with Crippen LogP contribution in [0.3, 0.4) is 0 Å². The predicted molar refractivity (Wildman–Crippen MR) is 66.2 cm³/mol. The summed E-state index contributed by atoms with van der Waals surface area (Å²) in [5.74, 6) is 1.53. The molecule has 1 heterocycles. The van der Waals surface area contributed by atoms with Crippen molar-refractivity contribution in [1.29, 1.82) is 0 Å². The average Bonchev–Trinajstić information content (AvgIpc) is 2.39. The summed E-state index contributed by atoms with van der Waals surface area (Å²) in [7, 11) is 0. The molecule has 0 bridgehead atoms. The molecule has 0 unspecified atom stereocenters. The summed E-state index contributed by atoms with van der Waals surface area (Å²) in [6.45, 7) is 0.230. The fourth-order valence-electron chi connectivity index (χ4n) is 1.55. The van der Waals surface area contributed by atoms with Crippen molar-refractivity contribution in [3.05, 3.63) is 54.4 Å². The summed E-state index contributed by atoms with van der Waals surface area (Å²) in [4.78, 5) is 3.99. The summed E-state index contributed by atoms with van der Waals surface area (Å²) in [5.41, 5.74) is 1.21. The Morgan fingerprint density at radius 2 is 1.88 bits per heavy atom. The van der Waals surface area contributed by atoms with Gasteiger partial charge >= 0.3 is 0 Å². The number of aromatic nitrogens is 1. The van der Waals surface area contributed by atoms with Gasteiger partial charge in [0.15, 0.2) is 0 Å². The predicted octanol–water partition coefficient (Wildman–Crippen LogP) is 2.80. The van der Waals surface area contributed by atoms with Gasteiger partial charge in [0, 0.05) is 12.8 Å². The van der Waals surface area contributed by atoms with Crippen LogP contribution in [-0.2, 0) is 6.42 Å². The number of ether oxygens (including phenoxy) is 1. The van der Waals surface area contributed by atoms with E-state index in [1.165, 1.54) is 5.56 Å². The molecule has 2 aromatic rings. The Hall–Kier alpha value is -1.87. The molecule has 0 aliphatic carbocycles. The molecule has 0 saturated carbocycles. The van der Waals surface area contributed by atoms with Gasteiger partial charge < -0.3 is 9.84 Å². The standard InChI is InChI=1S/C14H15NO2/c16-10-2-3-12-5-7-13(8-6-12)17-14-4-1-9-15-11-14/h1,4-9,11,16H,2-3,10H2. The van der Waals surface area contributed by atoms with Crippen molar-refractivity contribution in [3.63, 3.8) is 0 Å². The van der Waals surface area contributed by atoms with E-state index in [1.54, 1.807) is 12.4 Å². The van der Waals surface area contributed by atoms with Crippen LogP contribution in [0, 0.1) is 0 Å². The number of aliphatic hydroxyl groups is 1. The van der Waals surface area contributed by atoms with E-state index in [1.807, 2.05) is 36.4 Å². The van der Waals surface area contributed by atoms with Gasteiger partial charge in [0.1, 0.15) is 11.5 Å². The van der Waals surface area contributed by atoms with Crippen LogP contribution in [0.4, 0.5) is 0 Å². The Balaban J connectivity index is 1.98. The lowest BCUT2D eigenvalue weighted by molar-refractivity contribution is 0.288. The second-order valence-corrected chi connectivity index (χ2v) is 3.76. The van der Waals surface area contributed by atoms with Crippen LogP contribution in [0.15, 0.2) is 48.8 Å². The van der Waals surface area contributed by atoms with Crippen LogP contribution in [-0.4, -0.2) is 16.7 Å². The molecule has 0 atom stereocenters. The third kappa shape index (κ3) is 3.57. The van der Waals surface area contributed by atoms with Crippen LogP contribution in [0.25, 0.3) is 0 Å². The molecule has 0 aliphatic rings. The number of rotatable bonds is 5. The second-order valence-electron chi connectivity index (χ2n) is 3.76. The second kappa shape index (κ2) is 6.01. The van der Waals surface area contributed by atoms with E-state index >= 15 is 0 Å². The van der Waals surface area contributed by atoms with E-state index in [2.05, 4.69) is 4.98 Å². The average molecular weight is 229 g/mol. The van der Waals surface area contributed by atoms with Gasteiger partial charge in [0.2, 0.25) is 0 Å². The molecule has 2 rings (SSSR count). The molecule has 0 spiro atoms. The summed E-state index contributed by atoms with van der Waals surface area (Å²) < 4.78 is 5.63. The monoisotopic (exact) mass is 229 g/mol. The van der Waals surface area contributed by atoms with Crippen molar-refractivity contribution < 1.29 is 9.84 Å². The lowest BCUT2D eigenvalue weighted by Gasteiger charge is -2.05. The van der Waals surface area contributed by atoms with Crippen LogP contribution < -0.4 is 4.74 Å². The van der Waals surface area contributed by atoms with Gasteiger partial charge in [-0.2, -0.15) is 0 Å². The normalized spacial score (nSPS) is 10.2. The molecule has 1 aromatic heterocycles. The van der Waals surface area contributed by atoms with Crippen molar-refractivity contribution in [3.8, 4) is 11.5 Å². The zero-order valence-electron chi connectivity index (χ0n) is 9.54. The van der Waals surface area contributed by atoms with E-state index in [9.17, 15) is 0 Å². The highest BCUT2D eigenvalue weighted by Gasteiger charge is 1.97. The fourth-order valence-corrected chi connectivity index (χ4v) is 1.55. The minimum absolute atomic E-state index is 0.230. The Morgan fingerprint density at radius 1 is 1.06 bits per heavy atom. The summed E-state index contributed by atoms with van der Waals surface area (Å²) >= 11 is 0. The molecule has 0 fully saturated rings. The van der Waals surface area contributed by atoms with E-state index < -0.39 is 0 Å². The topological polar surface area (TPSA) is 42.4 Å². The Labute approximate surface area is 101 Å². The fraction of sp³-hybridized carbons (Fsp3) is 0.214. The maximum atomic E-state index is 8.75. The van der Waals surface area contributed by atoms with Crippen LogP contribution >= 0.6 is 0 Å². The number of nitrogens with zero attached hydrogens (tertiary/aromatic N) is 1. The van der Waals surface area contributed by atoms with Crippen LogP contribution in [0.5, 0.6) is 11.5 Å². The first-order chi connectivity index (χ1) is 8.38. The zero-order chi connectivity index (χ0) is 11.9. The number of pyridine rings is 1. The number of hydrogen-bond acceptors (Lipinski definition) is 3. The molecule has 0 radical (unpaired) electrons. The lowest BCUT2D eigenvalue weighted by Crippen LogP contribution is -1.90. The number of hydrogen-bond donors (Lipinski definition) is 1. The maximum Gasteiger partial charge on any atom is 0.145 e. The zero-order valence-corrected chi connectivity index (χ0v) is 9.54. The first-order valence-corrected chi connectivity index (χ1v) is 5.66. The number of benzene rings is 1. The van der Waals surface area contributed by atoms with Crippen molar-refractivity contribution in [2.45, 2.75) is 12.8 Å². The van der Waals surface area contributed by atoms with Crippen molar-refractivity contribution >= 4 is 0 Å². The van der Waals surface area contributed by atoms with E-state index in [4.69, 9.17) is 9.84 Å². The van der Waals surface area contributed by atoms with E-state index in [0.29, 0.717) is 0 Å². The molecule has 0 saturated heterocycles. The molecule has 0 amide bonds. The summed E-state index contributed by atoms with van der Waals surface area (Å²) in [6, 6.07) is 11.6. The van der Waals surface area contributed by atoms with Crippen molar-refractivity contribution in [2.75, 3.05) is 6.61 Å². The van der Waals surface area contributed by atoms with Gasteiger partial charge in [0.05, 0.1) is 6.20 Å². The van der Waals surface area contributed by atoms with Gasteiger partial charge in [-0.25, -0.2) is 0 Å². The minimum Gasteiger partial charge on any atom is -0.456 e. The van der Waals surface area contributed by atoms with E-state index in [0.717, 1.165) is 24.3 Å². The van der Waals surface area contributed by atoms with Gasteiger partial charge in [-0.3, -0.25) is 4.98 Å². The van der Waals surface area contributed by atoms with Gasteiger partial charge in [0.25, 0.3) is 0 Å². The van der Waals surface area contributed by atoms with Crippen molar-refractivity contribution in [2.24, 2.45) is 0 Å². The Morgan fingerprint density at radius 3 is 2.53 bits per heavy atom. The lowest BCUT2D eigenvalue weighted by atomic mass is 10.1. The molecule has 88 valence electrons. The van der Waals surface area contributed by atoms with Crippen LogP contribution in [0.2, 0.25) is 0 Å². The summed E-state index contributed by atoms with van der Waals surface area (Å²) in [6.07, 6.45) is 5.08. The molecule has 3 heteroatoms.